The molecular weight excluding hydrogens is 298 g/mol. The number of anilines is 1. The maximum Gasteiger partial charge on any atom is 0.319 e. The molecule has 0 radical (unpaired) electrons. The Morgan fingerprint density at radius 3 is 2.82 bits per heavy atom. The molecule has 120 valence electrons. The van der Waals surface area contributed by atoms with E-state index >= 15 is 0 Å². The van der Waals surface area contributed by atoms with Gasteiger partial charge in [-0.05, 0) is 19.3 Å². The minimum Gasteiger partial charge on any atom is -0.330 e. The minimum atomic E-state index is -0.248. The first-order valence-corrected chi connectivity index (χ1v) is 8.40. The number of aromatic nitrogens is 3. The maximum atomic E-state index is 12.0. The lowest BCUT2D eigenvalue weighted by atomic mass is 10.2. The number of rotatable bonds is 6. The molecule has 22 heavy (non-hydrogen) atoms. The van der Waals surface area contributed by atoms with E-state index in [0.29, 0.717) is 11.6 Å². The van der Waals surface area contributed by atoms with Crippen molar-refractivity contribution in [2.75, 3.05) is 5.32 Å². The summed E-state index contributed by atoms with van der Waals surface area (Å²) in [4.78, 5) is 16.5. The number of urea groups is 1. The van der Waals surface area contributed by atoms with Gasteiger partial charge in [0, 0.05) is 18.1 Å². The number of aryl methyl sites for hydroxylation is 1. The van der Waals surface area contributed by atoms with Crippen LogP contribution in [-0.2, 0) is 13.0 Å². The zero-order chi connectivity index (χ0) is 16.1. The first kappa shape index (κ1) is 16.5. The normalized spacial score (nSPS) is 12.4. The van der Waals surface area contributed by atoms with E-state index in [1.54, 1.807) is 17.5 Å². The van der Waals surface area contributed by atoms with E-state index in [-0.39, 0.29) is 12.1 Å². The summed E-state index contributed by atoms with van der Waals surface area (Å²) < 4.78 is 1.83. The lowest BCUT2D eigenvalue weighted by molar-refractivity contribution is 0.249. The first-order chi connectivity index (χ1) is 10.5. The van der Waals surface area contributed by atoms with Crippen molar-refractivity contribution < 1.29 is 4.79 Å². The highest BCUT2D eigenvalue weighted by molar-refractivity contribution is 7.09. The molecule has 2 heterocycles. The number of carbonyl (C=O) groups excluding carboxylic acids is 1. The van der Waals surface area contributed by atoms with Crippen molar-refractivity contribution >= 4 is 23.1 Å². The van der Waals surface area contributed by atoms with Crippen LogP contribution in [0, 0.1) is 5.92 Å². The summed E-state index contributed by atoms with van der Waals surface area (Å²) in [5.74, 6) is 0.513. The molecule has 0 aliphatic carbocycles. The Hall–Kier alpha value is -1.89. The SMILES string of the molecule is CCc1nc([C@H](C)NC(=O)Nc2cnn(CC(C)C)c2)cs1. The van der Waals surface area contributed by atoms with Crippen molar-refractivity contribution in [3.63, 3.8) is 0 Å². The van der Waals surface area contributed by atoms with Crippen LogP contribution in [-0.4, -0.2) is 20.8 Å². The third-order valence-electron chi connectivity index (χ3n) is 3.11. The molecule has 0 aliphatic heterocycles. The summed E-state index contributed by atoms with van der Waals surface area (Å²) in [6, 6.07) is -0.370. The molecule has 0 fully saturated rings. The fraction of sp³-hybridized carbons (Fsp3) is 0.533. The highest BCUT2D eigenvalue weighted by Gasteiger charge is 2.13. The van der Waals surface area contributed by atoms with Crippen LogP contribution in [0.1, 0.15) is 44.4 Å². The van der Waals surface area contributed by atoms with Gasteiger partial charge < -0.3 is 10.6 Å². The van der Waals surface area contributed by atoms with Gasteiger partial charge in [-0.3, -0.25) is 4.68 Å². The summed E-state index contributed by atoms with van der Waals surface area (Å²) in [6.07, 6.45) is 4.41. The molecule has 7 heteroatoms. The zero-order valence-corrected chi connectivity index (χ0v) is 14.3. The minimum absolute atomic E-state index is 0.123. The number of hydrogen-bond acceptors (Lipinski definition) is 4. The van der Waals surface area contributed by atoms with Crippen LogP contribution >= 0.6 is 11.3 Å². The van der Waals surface area contributed by atoms with Gasteiger partial charge in [0.15, 0.2) is 0 Å². The lowest BCUT2D eigenvalue weighted by Gasteiger charge is -2.11. The zero-order valence-electron chi connectivity index (χ0n) is 13.5. The van der Waals surface area contributed by atoms with E-state index in [1.807, 2.05) is 23.2 Å². The van der Waals surface area contributed by atoms with Gasteiger partial charge in [0.05, 0.1) is 28.6 Å². The number of nitrogens with one attached hydrogen (secondary N) is 2. The van der Waals surface area contributed by atoms with E-state index in [4.69, 9.17) is 0 Å². The summed E-state index contributed by atoms with van der Waals surface area (Å²) in [7, 11) is 0. The van der Waals surface area contributed by atoms with E-state index < -0.39 is 0 Å². The first-order valence-electron chi connectivity index (χ1n) is 7.52. The summed E-state index contributed by atoms with van der Waals surface area (Å²) in [5, 5.41) is 13.0. The van der Waals surface area contributed by atoms with Gasteiger partial charge >= 0.3 is 6.03 Å². The second-order valence-corrected chi connectivity index (χ2v) is 6.63. The molecular formula is C15H23N5OS. The number of carbonyl (C=O) groups is 1. The summed E-state index contributed by atoms with van der Waals surface area (Å²) in [6.45, 7) is 9.08. The number of thiazole rings is 1. The Kier molecular flexibility index (Phi) is 5.54. The maximum absolute atomic E-state index is 12.0. The van der Waals surface area contributed by atoms with Crippen LogP contribution in [0.3, 0.4) is 0 Å². The topological polar surface area (TPSA) is 71.8 Å². The van der Waals surface area contributed by atoms with Gasteiger partial charge in [0.2, 0.25) is 0 Å². The van der Waals surface area contributed by atoms with Gasteiger partial charge in [-0.15, -0.1) is 11.3 Å². The molecule has 0 saturated carbocycles. The lowest BCUT2D eigenvalue weighted by Crippen LogP contribution is -2.31. The fourth-order valence-corrected chi connectivity index (χ4v) is 2.86. The van der Waals surface area contributed by atoms with E-state index in [9.17, 15) is 4.79 Å². The predicted octanol–water partition coefficient (Wildman–Crippen LogP) is 3.44. The van der Waals surface area contributed by atoms with Crippen molar-refractivity contribution in [2.45, 2.75) is 46.7 Å². The van der Waals surface area contributed by atoms with Crippen LogP contribution in [0.2, 0.25) is 0 Å². The van der Waals surface area contributed by atoms with Crippen LogP contribution in [0.4, 0.5) is 10.5 Å². The van der Waals surface area contributed by atoms with Crippen molar-refractivity contribution in [1.82, 2.24) is 20.1 Å². The smallest absolute Gasteiger partial charge is 0.319 e. The molecule has 2 amide bonds. The fourth-order valence-electron chi connectivity index (χ4n) is 2.03. The van der Waals surface area contributed by atoms with E-state index in [1.165, 1.54) is 0 Å². The number of nitrogens with zero attached hydrogens (tertiary/aromatic N) is 3. The van der Waals surface area contributed by atoms with Gasteiger partial charge in [0.1, 0.15) is 0 Å². The molecule has 0 saturated heterocycles. The monoisotopic (exact) mass is 321 g/mol. The second-order valence-electron chi connectivity index (χ2n) is 5.68. The standard InChI is InChI=1S/C15H23N5OS/c1-5-14-19-13(9-22-14)11(4)17-15(21)18-12-6-16-20(8-12)7-10(2)3/h6,8-11H,5,7H2,1-4H3,(H2,17,18,21)/t11-/m0/s1. The number of amides is 2. The van der Waals surface area contributed by atoms with Crippen LogP contribution < -0.4 is 10.6 Å². The van der Waals surface area contributed by atoms with Crippen molar-refractivity contribution in [1.29, 1.82) is 0 Å². The molecule has 2 aromatic heterocycles. The Labute approximate surface area is 135 Å². The molecule has 1 atom stereocenters. The third-order valence-corrected chi connectivity index (χ3v) is 4.12. The molecule has 2 aromatic rings. The third kappa shape index (κ3) is 4.56. The Morgan fingerprint density at radius 1 is 1.41 bits per heavy atom. The van der Waals surface area contributed by atoms with E-state index in [2.05, 4.69) is 41.5 Å². The average molecular weight is 321 g/mol. The van der Waals surface area contributed by atoms with Crippen molar-refractivity contribution in [3.05, 3.63) is 28.5 Å². The van der Waals surface area contributed by atoms with Crippen molar-refractivity contribution in [3.8, 4) is 0 Å². The molecule has 6 nitrogen and oxygen atoms in total. The average Bonchev–Trinajstić information content (AvgIpc) is 3.07. The molecule has 0 bridgehead atoms. The van der Waals surface area contributed by atoms with Gasteiger partial charge in [0.25, 0.3) is 0 Å². The highest BCUT2D eigenvalue weighted by atomic mass is 32.1. The second kappa shape index (κ2) is 7.40. The van der Waals surface area contributed by atoms with E-state index in [0.717, 1.165) is 23.7 Å². The van der Waals surface area contributed by atoms with Gasteiger partial charge in [-0.2, -0.15) is 5.10 Å². The molecule has 0 spiro atoms. The quantitative estimate of drug-likeness (QED) is 0.856. The van der Waals surface area contributed by atoms with Gasteiger partial charge in [-0.25, -0.2) is 9.78 Å². The van der Waals surface area contributed by atoms with Crippen LogP contribution in [0.15, 0.2) is 17.8 Å². The van der Waals surface area contributed by atoms with Crippen LogP contribution in [0.25, 0.3) is 0 Å². The summed E-state index contributed by atoms with van der Waals surface area (Å²) >= 11 is 1.62. The van der Waals surface area contributed by atoms with Gasteiger partial charge in [-0.1, -0.05) is 20.8 Å². The Bertz CT molecular complexity index is 619. The number of hydrogen-bond donors (Lipinski definition) is 2. The van der Waals surface area contributed by atoms with Crippen molar-refractivity contribution in [2.24, 2.45) is 5.92 Å². The molecule has 0 aliphatic rings. The Morgan fingerprint density at radius 2 is 2.18 bits per heavy atom. The summed E-state index contributed by atoms with van der Waals surface area (Å²) in [5.41, 5.74) is 1.59. The molecule has 0 aromatic carbocycles. The highest BCUT2D eigenvalue weighted by Crippen LogP contribution is 2.17. The Balaban J connectivity index is 1.88. The van der Waals surface area contributed by atoms with Crippen LogP contribution in [0.5, 0.6) is 0 Å². The molecule has 2 rings (SSSR count). The predicted molar refractivity (Wildman–Crippen MR) is 89.1 cm³/mol. The molecule has 0 unspecified atom stereocenters. The molecule has 2 N–H and O–H groups in total. The largest absolute Gasteiger partial charge is 0.330 e.